The van der Waals surface area contributed by atoms with Gasteiger partial charge in [0.15, 0.2) is 5.96 Å². The zero-order valence-corrected chi connectivity index (χ0v) is 18.4. The monoisotopic (exact) mass is 404 g/mol. The van der Waals surface area contributed by atoms with Crippen LogP contribution in [0, 0.1) is 5.92 Å². The second kappa shape index (κ2) is 15.1. The van der Waals surface area contributed by atoms with Crippen molar-refractivity contribution < 1.29 is 9.47 Å². The number of anilines is 1. The highest BCUT2D eigenvalue weighted by Crippen LogP contribution is 2.14. The molecule has 1 aromatic carbocycles. The number of nitrogens with one attached hydrogen (secondary N) is 2. The fourth-order valence-corrected chi connectivity index (χ4v) is 3.45. The van der Waals surface area contributed by atoms with Crippen LogP contribution in [0.15, 0.2) is 35.3 Å². The molecule has 0 bridgehead atoms. The molecule has 0 spiro atoms. The van der Waals surface area contributed by atoms with Gasteiger partial charge >= 0.3 is 0 Å². The van der Waals surface area contributed by atoms with E-state index < -0.39 is 0 Å². The number of ether oxygens (including phenoxy) is 2. The molecule has 1 fully saturated rings. The smallest absolute Gasteiger partial charge is 0.191 e. The van der Waals surface area contributed by atoms with Gasteiger partial charge in [0.25, 0.3) is 0 Å². The van der Waals surface area contributed by atoms with Crippen LogP contribution in [0.5, 0.6) is 0 Å². The lowest BCUT2D eigenvalue weighted by molar-refractivity contribution is 0.0203. The molecule has 6 nitrogen and oxygen atoms in total. The molecule has 1 aliphatic heterocycles. The van der Waals surface area contributed by atoms with Crippen LogP contribution in [-0.2, 0) is 9.47 Å². The minimum atomic E-state index is 0.675. The Morgan fingerprint density at radius 2 is 1.93 bits per heavy atom. The maximum Gasteiger partial charge on any atom is 0.191 e. The molecule has 0 aromatic heterocycles. The molecule has 29 heavy (non-hydrogen) atoms. The van der Waals surface area contributed by atoms with Crippen molar-refractivity contribution >= 4 is 11.6 Å². The summed E-state index contributed by atoms with van der Waals surface area (Å²) in [6.45, 7) is 12.3. The number of nitrogens with zero attached hydrogens (tertiary/aromatic N) is 2. The van der Waals surface area contributed by atoms with Crippen molar-refractivity contribution in [3.63, 3.8) is 0 Å². The van der Waals surface area contributed by atoms with E-state index >= 15 is 0 Å². The van der Waals surface area contributed by atoms with Gasteiger partial charge in [-0.3, -0.25) is 4.99 Å². The van der Waals surface area contributed by atoms with E-state index in [1.165, 1.54) is 5.69 Å². The molecule has 1 aliphatic rings. The second-order valence-corrected chi connectivity index (χ2v) is 7.44. The highest BCUT2D eigenvalue weighted by molar-refractivity contribution is 5.79. The van der Waals surface area contributed by atoms with Crippen molar-refractivity contribution in [1.29, 1.82) is 0 Å². The third kappa shape index (κ3) is 9.99. The first-order valence-corrected chi connectivity index (χ1v) is 11.3. The summed E-state index contributed by atoms with van der Waals surface area (Å²) in [6.07, 6.45) is 4.29. The Balaban J connectivity index is 1.59. The molecule has 0 aliphatic carbocycles. The highest BCUT2D eigenvalue weighted by Gasteiger charge is 2.13. The normalized spacial score (nSPS) is 15.3. The van der Waals surface area contributed by atoms with Crippen molar-refractivity contribution in [3.8, 4) is 0 Å². The summed E-state index contributed by atoms with van der Waals surface area (Å²) in [4.78, 5) is 7.11. The van der Waals surface area contributed by atoms with Crippen molar-refractivity contribution in [1.82, 2.24) is 10.6 Å². The van der Waals surface area contributed by atoms with Crippen molar-refractivity contribution in [2.45, 2.75) is 39.5 Å². The van der Waals surface area contributed by atoms with Crippen LogP contribution in [0.2, 0.25) is 0 Å². The third-order valence-corrected chi connectivity index (χ3v) is 5.16. The topological polar surface area (TPSA) is 58.1 Å². The largest absolute Gasteiger partial charge is 0.381 e. The number of para-hydroxylation sites is 1. The fourth-order valence-electron chi connectivity index (χ4n) is 3.45. The van der Waals surface area contributed by atoms with Crippen molar-refractivity contribution in [3.05, 3.63) is 30.3 Å². The van der Waals surface area contributed by atoms with Crippen LogP contribution in [-0.4, -0.2) is 65.1 Å². The van der Waals surface area contributed by atoms with Gasteiger partial charge in [-0.25, -0.2) is 0 Å². The Morgan fingerprint density at radius 3 is 2.66 bits per heavy atom. The van der Waals surface area contributed by atoms with Gasteiger partial charge < -0.3 is 25.0 Å². The third-order valence-electron chi connectivity index (χ3n) is 5.16. The molecular formula is C23H40N4O2. The molecular weight excluding hydrogens is 364 g/mol. The summed E-state index contributed by atoms with van der Waals surface area (Å²) in [5.41, 5.74) is 1.28. The summed E-state index contributed by atoms with van der Waals surface area (Å²) in [7, 11) is 0. The Bertz CT molecular complexity index is 547. The van der Waals surface area contributed by atoms with E-state index in [0.29, 0.717) is 5.92 Å². The van der Waals surface area contributed by atoms with Gasteiger partial charge in [-0.2, -0.15) is 0 Å². The first-order valence-electron chi connectivity index (χ1n) is 11.3. The van der Waals surface area contributed by atoms with Gasteiger partial charge in [0.2, 0.25) is 0 Å². The zero-order chi connectivity index (χ0) is 20.6. The lowest BCUT2D eigenvalue weighted by Crippen LogP contribution is -2.38. The quantitative estimate of drug-likeness (QED) is 0.300. The molecule has 1 heterocycles. The molecule has 0 atom stereocenters. The van der Waals surface area contributed by atoms with Crippen LogP contribution >= 0.6 is 0 Å². The van der Waals surface area contributed by atoms with Crippen molar-refractivity contribution in [2.24, 2.45) is 10.9 Å². The summed E-state index contributed by atoms with van der Waals surface area (Å²) >= 11 is 0. The van der Waals surface area contributed by atoms with Crippen LogP contribution in [0.3, 0.4) is 0 Å². The second-order valence-electron chi connectivity index (χ2n) is 7.44. The number of rotatable bonds is 13. The summed E-state index contributed by atoms with van der Waals surface area (Å²) in [6, 6.07) is 10.6. The zero-order valence-electron chi connectivity index (χ0n) is 18.4. The van der Waals surface area contributed by atoms with E-state index in [-0.39, 0.29) is 0 Å². The first-order chi connectivity index (χ1) is 14.3. The van der Waals surface area contributed by atoms with Gasteiger partial charge in [-0.1, -0.05) is 18.2 Å². The number of guanidine groups is 1. The van der Waals surface area contributed by atoms with Gasteiger partial charge in [0.05, 0.1) is 0 Å². The van der Waals surface area contributed by atoms with Crippen molar-refractivity contribution in [2.75, 3.05) is 64.1 Å². The molecule has 0 amide bonds. The summed E-state index contributed by atoms with van der Waals surface area (Å²) in [5.74, 6) is 1.58. The molecule has 2 N–H and O–H groups in total. The van der Waals surface area contributed by atoms with E-state index in [9.17, 15) is 0 Å². The van der Waals surface area contributed by atoms with Crippen LogP contribution in [0.1, 0.15) is 39.5 Å². The van der Waals surface area contributed by atoms with Gasteiger partial charge in [-0.15, -0.1) is 0 Å². The molecule has 6 heteroatoms. The van der Waals surface area contributed by atoms with Crippen LogP contribution in [0.4, 0.5) is 5.69 Å². The number of hydrogen-bond donors (Lipinski definition) is 2. The predicted molar refractivity (Wildman–Crippen MR) is 122 cm³/mol. The Hall–Kier alpha value is -1.79. The summed E-state index contributed by atoms with van der Waals surface area (Å²) in [5, 5.41) is 6.75. The standard InChI is InChI=1S/C23H40N4O2/c1-3-24-23(26-15-9-17-29-20-21-12-18-28-19-13-21)25-14-8-16-27(4-2)22-10-6-5-7-11-22/h5-7,10-11,21H,3-4,8-9,12-20H2,1-2H3,(H2,24,25,26). The highest BCUT2D eigenvalue weighted by atomic mass is 16.5. The molecule has 164 valence electrons. The van der Waals surface area contributed by atoms with Gasteiger partial charge in [-0.05, 0) is 57.6 Å². The molecule has 0 unspecified atom stereocenters. The number of hydrogen-bond acceptors (Lipinski definition) is 4. The number of aliphatic imine (C=N–C) groups is 1. The Labute approximate surface area is 177 Å². The molecule has 0 radical (unpaired) electrons. The van der Waals surface area contributed by atoms with E-state index in [1.54, 1.807) is 0 Å². The van der Waals surface area contributed by atoms with Gasteiger partial charge in [0.1, 0.15) is 0 Å². The van der Waals surface area contributed by atoms with E-state index in [2.05, 4.69) is 59.7 Å². The molecule has 1 saturated heterocycles. The average Bonchev–Trinajstić information content (AvgIpc) is 2.77. The first kappa shape index (κ1) is 23.5. The Morgan fingerprint density at radius 1 is 1.14 bits per heavy atom. The lowest BCUT2D eigenvalue weighted by Gasteiger charge is -2.22. The molecule has 0 saturated carbocycles. The Kier molecular flexibility index (Phi) is 12.2. The van der Waals surface area contributed by atoms with Crippen LogP contribution in [0.25, 0.3) is 0 Å². The minimum absolute atomic E-state index is 0.675. The SMILES string of the molecule is CCNC(=NCCCN(CC)c1ccccc1)NCCCOCC1CCOCC1. The maximum atomic E-state index is 5.83. The number of benzene rings is 1. The molecule has 2 rings (SSSR count). The fraction of sp³-hybridized carbons (Fsp3) is 0.696. The summed E-state index contributed by atoms with van der Waals surface area (Å²) < 4.78 is 11.2. The maximum absolute atomic E-state index is 5.83. The minimum Gasteiger partial charge on any atom is -0.381 e. The average molecular weight is 405 g/mol. The molecule has 1 aromatic rings. The van der Waals surface area contributed by atoms with Crippen LogP contribution < -0.4 is 15.5 Å². The van der Waals surface area contributed by atoms with E-state index in [4.69, 9.17) is 14.5 Å². The van der Waals surface area contributed by atoms with Gasteiger partial charge in [0, 0.05) is 64.8 Å². The van der Waals surface area contributed by atoms with E-state index in [1.807, 2.05) is 0 Å². The van der Waals surface area contributed by atoms with E-state index in [0.717, 1.165) is 90.8 Å². The predicted octanol–water partition coefficient (Wildman–Crippen LogP) is 3.29. The lowest BCUT2D eigenvalue weighted by atomic mass is 10.0.